The molecule has 2 aliphatic rings. The second-order valence-corrected chi connectivity index (χ2v) is 8.68. The Morgan fingerprint density at radius 1 is 1.19 bits per heavy atom. The number of amides is 1. The highest BCUT2D eigenvalue weighted by atomic mass is 16.5. The molecule has 0 saturated carbocycles. The number of rotatable bonds is 10. The van der Waals surface area contributed by atoms with Crippen LogP contribution in [-0.2, 0) is 20.7 Å². The number of hydrogen-bond donors (Lipinski definition) is 1. The van der Waals surface area contributed by atoms with Crippen molar-refractivity contribution in [3.63, 3.8) is 0 Å². The lowest BCUT2D eigenvalue weighted by atomic mass is 9.94. The minimum atomic E-state index is -0.823. The number of likely N-dealkylation sites (tertiary alicyclic amines) is 1. The van der Waals surface area contributed by atoms with E-state index >= 15 is 0 Å². The SMILES string of the molecule is C=CCOc1ccc([C@H]2C(=C(O)c3ccc4c(c3)C[C@H](C)O4)C(=O)C(=O)N2CCOC)cc1OCC. The van der Waals surface area contributed by atoms with Crippen molar-refractivity contribution in [2.75, 3.05) is 33.5 Å². The van der Waals surface area contributed by atoms with E-state index in [4.69, 9.17) is 18.9 Å². The predicted octanol–water partition coefficient (Wildman–Crippen LogP) is 4.04. The summed E-state index contributed by atoms with van der Waals surface area (Å²) >= 11 is 0. The summed E-state index contributed by atoms with van der Waals surface area (Å²) in [6.07, 6.45) is 2.37. The molecule has 2 aromatic rings. The molecule has 190 valence electrons. The molecule has 4 rings (SSSR count). The van der Waals surface area contributed by atoms with Gasteiger partial charge in [-0.1, -0.05) is 18.7 Å². The number of aliphatic hydroxyl groups excluding tert-OH is 1. The average molecular weight is 494 g/mol. The monoisotopic (exact) mass is 493 g/mol. The fourth-order valence-electron chi connectivity index (χ4n) is 4.60. The van der Waals surface area contributed by atoms with E-state index in [0.29, 0.717) is 42.3 Å². The van der Waals surface area contributed by atoms with Crippen molar-refractivity contribution in [2.45, 2.75) is 32.4 Å². The van der Waals surface area contributed by atoms with Gasteiger partial charge in [0.15, 0.2) is 11.5 Å². The quantitative estimate of drug-likeness (QED) is 0.231. The van der Waals surface area contributed by atoms with Gasteiger partial charge in [-0.15, -0.1) is 0 Å². The molecule has 0 aromatic heterocycles. The molecule has 2 aromatic carbocycles. The van der Waals surface area contributed by atoms with E-state index in [-0.39, 0.29) is 30.6 Å². The summed E-state index contributed by atoms with van der Waals surface area (Å²) < 4.78 is 22.4. The minimum Gasteiger partial charge on any atom is -0.507 e. The van der Waals surface area contributed by atoms with Crippen molar-refractivity contribution >= 4 is 17.4 Å². The lowest BCUT2D eigenvalue weighted by Gasteiger charge is -2.26. The molecule has 0 unspecified atom stereocenters. The van der Waals surface area contributed by atoms with Gasteiger partial charge in [-0.2, -0.15) is 0 Å². The van der Waals surface area contributed by atoms with E-state index < -0.39 is 17.7 Å². The maximum absolute atomic E-state index is 13.2. The van der Waals surface area contributed by atoms with Crippen molar-refractivity contribution in [3.05, 3.63) is 71.3 Å². The highest BCUT2D eigenvalue weighted by Crippen LogP contribution is 2.42. The third-order valence-electron chi connectivity index (χ3n) is 6.19. The van der Waals surface area contributed by atoms with Crippen LogP contribution in [0.5, 0.6) is 17.2 Å². The molecule has 2 heterocycles. The third-order valence-corrected chi connectivity index (χ3v) is 6.19. The zero-order valence-electron chi connectivity index (χ0n) is 20.8. The summed E-state index contributed by atoms with van der Waals surface area (Å²) in [4.78, 5) is 27.7. The highest BCUT2D eigenvalue weighted by molar-refractivity contribution is 6.46. The summed E-state index contributed by atoms with van der Waals surface area (Å²) in [6.45, 7) is 8.60. The smallest absolute Gasteiger partial charge is 0.295 e. The largest absolute Gasteiger partial charge is 0.507 e. The van der Waals surface area contributed by atoms with E-state index in [1.807, 2.05) is 19.9 Å². The zero-order valence-corrected chi connectivity index (χ0v) is 20.8. The van der Waals surface area contributed by atoms with Crippen LogP contribution in [0.2, 0.25) is 0 Å². The van der Waals surface area contributed by atoms with Crippen LogP contribution < -0.4 is 14.2 Å². The van der Waals surface area contributed by atoms with Gasteiger partial charge in [-0.3, -0.25) is 9.59 Å². The first kappa shape index (κ1) is 25.3. The van der Waals surface area contributed by atoms with Gasteiger partial charge in [0.1, 0.15) is 24.2 Å². The van der Waals surface area contributed by atoms with Crippen LogP contribution in [0.4, 0.5) is 0 Å². The molecule has 2 aliphatic heterocycles. The Labute approximate surface area is 210 Å². The van der Waals surface area contributed by atoms with Crippen LogP contribution in [0.25, 0.3) is 5.76 Å². The first-order chi connectivity index (χ1) is 17.4. The summed E-state index contributed by atoms with van der Waals surface area (Å²) in [5, 5.41) is 11.4. The first-order valence-corrected chi connectivity index (χ1v) is 12.0. The van der Waals surface area contributed by atoms with E-state index in [9.17, 15) is 14.7 Å². The Morgan fingerprint density at radius 3 is 2.72 bits per heavy atom. The first-order valence-electron chi connectivity index (χ1n) is 12.0. The van der Waals surface area contributed by atoms with E-state index in [1.165, 1.54) is 12.0 Å². The number of nitrogens with zero attached hydrogens (tertiary/aromatic N) is 1. The Bertz CT molecular complexity index is 1200. The fourth-order valence-corrected chi connectivity index (χ4v) is 4.60. The predicted molar refractivity (Wildman–Crippen MR) is 134 cm³/mol. The normalized spacial score (nSPS) is 20.2. The molecule has 2 atom stereocenters. The van der Waals surface area contributed by atoms with Crippen molar-refractivity contribution in [1.29, 1.82) is 0 Å². The molecule has 8 heteroatoms. The number of carbonyl (C=O) groups excluding carboxylic acids is 2. The second kappa shape index (κ2) is 10.9. The Kier molecular flexibility index (Phi) is 7.64. The molecular formula is C28H31NO7. The fraction of sp³-hybridized carbons (Fsp3) is 0.357. The van der Waals surface area contributed by atoms with Gasteiger partial charge in [-0.25, -0.2) is 0 Å². The standard InChI is InChI=1S/C28H31NO7/c1-5-12-35-22-10-7-18(16-23(22)34-6-2)25-24(27(31)28(32)29(25)11-13-33-4)26(30)19-8-9-21-20(15-19)14-17(3)36-21/h5,7-10,15-17,25,30H,1,6,11-14H2,2-4H3/t17-,25-/m0/s1. The zero-order chi connectivity index (χ0) is 25.8. The molecule has 1 saturated heterocycles. The lowest BCUT2D eigenvalue weighted by Crippen LogP contribution is -2.32. The van der Waals surface area contributed by atoms with E-state index in [2.05, 4.69) is 6.58 Å². The van der Waals surface area contributed by atoms with Gasteiger partial charge < -0.3 is 29.0 Å². The van der Waals surface area contributed by atoms with Gasteiger partial charge >= 0.3 is 0 Å². The summed E-state index contributed by atoms with van der Waals surface area (Å²) in [5.74, 6) is 0.0726. The van der Waals surface area contributed by atoms with Gasteiger partial charge in [0.2, 0.25) is 0 Å². The lowest BCUT2D eigenvalue weighted by molar-refractivity contribution is -0.140. The number of methoxy groups -OCH3 is 1. The molecule has 1 N–H and O–H groups in total. The average Bonchev–Trinajstić information content (AvgIpc) is 3.37. The maximum atomic E-state index is 13.2. The van der Waals surface area contributed by atoms with Gasteiger partial charge in [0.05, 0.1) is 24.8 Å². The van der Waals surface area contributed by atoms with Crippen LogP contribution >= 0.6 is 0 Å². The maximum Gasteiger partial charge on any atom is 0.295 e. The highest BCUT2D eigenvalue weighted by Gasteiger charge is 2.46. The minimum absolute atomic E-state index is 0.0187. The molecule has 1 fully saturated rings. The number of aliphatic hydroxyl groups is 1. The molecule has 0 bridgehead atoms. The molecule has 0 spiro atoms. The van der Waals surface area contributed by atoms with Gasteiger partial charge in [0.25, 0.3) is 11.7 Å². The van der Waals surface area contributed by atoms with Crippen molar-refractivity contribution < 1.29 is 33.6 Å². The number of carbonyl (C=O) groups is 2. The van der Waals surface area contributed by atoms with Gasteiger partial charge in [-0.05, 0) is 55.3 Å². The number of hydrogen-bond acceptors (Lipinski definition) is 7. The summed E-state index contributed by atoms with van der Waals surface area (Å²) in [5.41, 5.74) is 2.03. The molecule has 0 radical (unpaired) electrons. The van der Waals surface area contributed by atoms with Crippen LogP contribution in [0.15, 0.2) is 54.6 Å². The third kappa shape index (κ3) is 4.81. The van der Waals surface area contributed by atoms with Crippen molar-refractivity contribution in [2.24, 2.45) is 0 Å². The molecular weight excluding hydrogens is 462 g/mol. The van der Waals surface area contributed by atoms with Crippen LogP contribution in [0.1, 0.15) is 36.6 Å². The Balaban J connectivity index is 1.83. The molecule has 0 aliphatic carbocycles. The summed E-state index contributed by atoms with van der Waals surface area (Å²) in [7, 11) is 1.53. The number of ketones is 1. The Hall–Kier alpha value is -3.78. The van der Waals surface area contributed by atoms with Crippen molar-refractivity contribution in [3.8, 4) is 17.2 Å². The second-order valence-electron chi connectivity index (χ2n) is 8.68. The van der Waals surface area contributed by atoms with Crippen LogP contribution in [0, 0.1) is 0 Å². The van der Waals surface area contributed by atoms with E-state index in [0.717, 1.165) is 11.3 Å². The molecule has 36 heavy (non-hydrogen) atoms. The molecule has 1 amide bonds. The van der Waals surface area contributed by atoms with Crippen LogP contribution in [0.3, 0.4) is 0 Å². The van der Waals surface area contributed by atoms with Gasteiger partial charge in [0, 0.05) is 25.6 Å². The topological polar surface area (TPSA) is 94.5 Å². The number of Topliss-reactive ketones (excluding diaryl/α,β-unsaturated/α-hetero) is 1. The van der Waals surface area contributed by atoms with E-state index in [1.54, 1.807) is 36.4 Å². The number of benzene rings is 2. The number of ether oxygens (including phenoxy) is 4. The van der Waals surface area contributed by atoms with Crippen molar-refractivity contribution in [1.82, 2.24) is 4.90 Å². The Morgan fingerprint density at radius 2 is 2.00 bits per heavy atom. The summed E-state index contributed by atoms with van der Waals surface area (Å²) in [6, 6.07) is 9.70. The van der Waals surface area contributed by atoms with Crippen LogP contribution in [-0.4, -0.2) is 61.3 Å². The molecule has 8 nitrogen and oxygen atoms in total. The number of fused-ring (bicyclic) bond motifs is 1.